The molecule has 0 spiro atoms. The lowest BCUT2D eigenvalue weighted by molar-refractivity contribution is 0.340. The second-order valence-corrected chi connectivity index (χ2v) is 3.62. The molecule has 0 aliphatic rings. The predicted octanol–water partition coefficient (Wildman–Crippen LogP) is 3.60. The largest absolute Gasteiger partial charge is 0.507 e. The Kier molecular flexibility index (Phi) is 3.28. The molecule has 2 aromatic rings. The number of halogens is 1. The quantitative estimate of drug-likeness (QED) is 0.876. The molecule has 0 saturated heterocycles. The van der Waals surface area contributed by atoms with Crippen molar-refractivity contribution < 1.29 is 14.2 Å². The van der Waals surface area contributed by atoms with E-state index in [9.17, 15) is 9.50 Å². The van der Waals surface area contributed by atoms with Crippen LogP contribution in [0.1, 0.15) is 6.92 Å². The summed E-state index contributed by atoms with van der Waals surface area (Å²) < 4.78 is 18.4. The monoisotopic (exact) mass is 232 g/mol. The molecule has 3 heteroatoms. The average Bonchev–Trinajstić information content (AvgIpc) is 2.34. The molecule has 0 aliphatic carbocycles. The number of phenolic OH excluding ortho intramolecular Hbond substituents is 1. The van der Waals surface area contributed by atoms with Gasteiger partial charge in [0.15, 0.2) is 0 Å². The molecule has 0 atom stereocenters. The highest BCUT2D eigenvalue weighted by Gasteiger charge is 2.05. The van der Waals surface area contributed by atoms with Crippen LogP contribution in [0.25, 0.3) is 11.1 Å². The fourth-order valence-electron chi connectivity index (χ4n) is 1.64. The van der Waals surface area contributed by atoms with E-state index in [1.54, 1.807) is 24.3 Å². The summed E-state index contributed by atoms with van der Waals surface area (Å²) in [6, 6.07) is 11.1. The summed E-state index contributed by atoms with van der Waals surface area (Å²) in [5.41, 5.74) is 1.23. The van der Waals surface area contributed by atoms with Crippen LogP contribution in [0.4, 0.5) is 4.39 Å². The Morgan fingerprint density at radius 2 is 1.82 bits per heavy atom. The number of phenols is 1. The Bertz CT molecular complexity index is 506. The molecule has 2 nitrogen and oxygen atoms in total. The molecular formula is C14H13FO2. The van der Waals surface area contributed by atoms with Crippen molar-refractivity contribution in [3.05, 3.63) is 48.3 Å². The van der Waals surface area contributed by atoms with Crippen LogP contribution in [0.2, 0.25) is 0 Å². The van der Waals surface area contributed by atoms with E-state index in [1.807, 2.05) is 6.92 Å². The molecule has 0 aliphatic heterocycles. The zero-order chi connectivity index (χ0) is 12.3. The first-order valence-electron chi connectivity index (χ1n) is 5.42. The van der Waals surface area contributed by atoms with Crippen LogP contribution in [0.15, 0.2) is 42.5 Å². The summed E-state index contributed by atoms with van der Waals surface area (Å²) in [5, 5.41) is 9.66. The van der Waals surface area contributed by atoms with Crippen molar-refractivity contribution in [1.29, 1.82) is 0 Å². The van der Waals surface area contributed by atoms with Crippen molar-refractivity contribution in [2.75, 3.05) is 6.61 Å². The van der Waals surface area contributed by atoms with E-state index in [0.29, 0.717) is 12.2 Å². The smallest absolute Gasteiger partial charge is 0.124 e. The van der Waals surface area contributed by atoms with Crippen molar-refractivity contribution in [1.82, 2.24) is 0 Å². The predicted molar refractivity (Wildman–Crippen MR) is 64.7 cm³/mol. The Morgan fingerprint density at radius 1 is 1.12 bits per heavy atom. The topological polar surface area (TPSA) is 29.5 Å². The minimum absolute atomic E-state index is 0.0653. The molecule has 2 rings (SSSR count). The van der Waals surface area contributed by atoms with Crippen LogP contribution in [0.5, 0.6) is 11.5 Å². The third-order valence-electron chi connectivity index (χ3n) is 2.43. The lowest BCUT2D eigenvalue weighted by Crippen LogP contribution is -1.90. The number of hydrogen-bond donors (Lipinski definition) is 1. The number of rotatable bonds is 3. The molecule has 0 heterocycles. The molecule has 1 N–H and O–H groups in total. The van der Waals surface area contributed by atoms with Crippen LogP contribution in [-0.4, -0.2) is 11.7 Å². The Balaban J connectivity index is 2.36. The third kappa shape index (κ3) is 2.56. The molecule has 0 fully saturated rings. The maximum Gasteiger partial charge on any atom is 0.124 e. The van der Waals surface area contributed by atoms with Crippen molar-refractivity contribution in [3.63, 3.8) is 0 Å². The van der Waals surface area contributed by atoms with Crippen molar-refractivity contribution in [2.45, 2.75) is 6.92 Å². The summed E-state index contributed by atoms with van der Waals surface area (Å²) in [5.74, 6) is 0.453. The van der Waals surface area contributed by atoms with E-state index in [-0.39, 0.29) is 11.6 Å². The first-order valence-corrected chi connectivity index (χ1v) is 5.42. The zero-order valence-electron chi connectivity index (χ0n) is 9.48. The van der Waals surface area contributed by atoms with Gasteiger partial charge in [-0.1, -0.05) is 12.1 Å². The third-order valence-corrected chi connectivity index (χ3v) is 2.43. The Labute approximate surface area is 99.3 Å². The molecule has 0 radical (unpaired) electrons. The number of hydrogen-bond acceptors (Lipinski definition) is 2. The Morgan fingerprint density at radius 3 is 2.47 bits per heavy atom. The molecule has 0 aromatic heterocycles. The molecule has 0 amide bonds. The SMILES string of the molecule is CCOc1ccc(-c2cc(F)ccc2O)cc1. The molecule has 88 valence electrons. The lowest BCUT2D eigenvalue weighted by Gasteiger charge is -2.07. The van der Waals surface area contributed by atoms with E-state index in [1.165, 1.54) is 18.2 Å². The zero-order valence-corrected chi connectivity index (χ0v) is 9.48. The van der Waals surface area contributed by atoms with Crippen LogP contribution in [0, 0.1) is 5.82 Å². The molecular weight excluding hydrogens is 219 g/mol. The molecule has 0 saturated carbocycles. The highest BCUT2D eigenvalue weighted by Crippen LogP contribution is 2.30. The highest BCUT2D eigenvalue weighted by atomic mass is 19.1. The summed E-state index contributed by atoms with van der Waals surface area (Å²) in [6.45, 7) is 2.51. The molecule has 17 heavy (non-hydrogen) atoms. The first kappa shape index (κ1) is 11.5. The summed E-state index contributed by atoms with van der Waals surface area (Å²) in [6.07, 6.45) is 0. The number of ether oxygens (including phenoxy) is 1. The van der Waals surface area contributed by atoms with Crippen molar-refractivity contribution in [3.8, 4) is 22.6 Å². The fraction of sp³-hybridized carbons (Fsp3) is 0.143. The van der Waals surface area contributed by atoms with Gasteiger partial charge in [0.25, 0.3) is 0 Å². The van der Waals surface area contributed by atoms with E-state index in [0.717, 1.165) is 11.3 Å². The second-order valence-electron chi connectivity index (χ2n) is 3.62. The summed E-state index contributed by atoms with van der Waals surface area (Å²) in [7, 11) is 0. The van der Waals surface area contributed by atoms with E-state index in [4.69, 9.17) is 4.74 Å². The van der Waals surface area contributed by atoms with Gasteiger partial charge < -0.3 is 9.84 Å². The fourth-order valence-corrected chi connectivity index (χ4v) is 1.64. The van der Waals surface area contributed by atoms with Crippen LogP contribution in [0.3, 0.4) is 0 Å². The highest BCUT2D eigenvalue weighted by molar-refractivity contribution is 5.70. The van der Waals surface area contributed by atoms with Crippen LogP contribution >= 0.6 is 0 Å². The maximum absolute atomic E-state index is 13.1. The maximum atomic E-state index is 13.1. The van der Waals surface area contributed by atoms with Gasteiger partial charge in [-0.25, -0.2) is 4.39 Å². The minimum atomic E-state index is -0.369. The standard InChI is InChI=1S/C14H13FO2/c1-2-17-12-6-3-10(4-7-12)13-9-11(15)5-8-14(13)16/h3-9,16H,2H2,1H3. The van der Waals surface area contributed by atoms with Crippen LogP contribution < -0.4 is 4.74 Å². The van der Waals surface area contributed by atoms with Gasteiger partial charge in [0.05, 0.1) is 6.61 Å². The van der Waals surface area contributed by atoms with Gasteiger partial charge in [-0.2, -0.15) is 0 Å². The normalized spacial score (nSPS) is 10.2. The van der Waals surface area contributed by atoms with Gasteiger partial charge in [0.2, 0.25) is 0 Å². The van der Waals surface area contributed by atoms with Gasteiger partial charge in [-0.15, -0.1) is 0 Å². The number of aromatic hydroxyl groups is 1. The van der Waals surface area contributed by atoms with Crippen molar-refractivity contribution >= 4 is 0 Å². The second kappa shape index (κ2) is 4.87. The summed E-state index contributed by atoms with van der Waals surface area (Å²) >= 11 is 0. The van der Waals surface area contributed by atoms with Gasteiger partial charge in [0, 0.05) is 5.56 Å². The van der Waals surface area contributed by atoms with Gasteiger partial charge >= 0.3 is 0 Å². The van der Waals surface area contributed by atoms with E-state index < -0.39 is 0 Å². The lowest BCUT2D eigenvalue weighted by atomic mass is 10.0. The van der Waals surface area contributed by atoms with Crippen LogP contribution in [-0.2, 0) is 0 Å². The van der Waals surface area contributed by atoms with Gasteiger partial charge in [0.1, 0.15) is 17.3 Å². The molecule has 0 bridgehead atoms. The number of benzene rings is 2. The minimum Gasteiger partial charge on any atom is -0.507 e. The van der Waals surface area contributed by atoms with Gasteiger partial charge in [-0.05, 0) is 42.8 Å². The Hall–Kier alpha value is -2.03. The van der Waals surface area contributed by atoms with Crippen molar-refractivity contribution in [2.24, 2.45) is 0 Å². The van der Waals surface area contributed by atoms with E-state index >= 15 is 0 Å². The molecule has 0 unspecified atom stereocenters. The average molecular weight is 232 g/mol. The first-order chi connectivity index (χ1) is 8.20. The molecule has 2 aromatic carbocycles. The van der Waals surface area contributed by atoms with Gasteiger partial charge in [-0.3, -0.25) is 0 Å². The summed E-state index contributed by atoms with van der Waals surface area (Å²) in [4.78, 5) is 0. The van der Waals surface area contributed by atoms with E-state index in [2.05, 4.69) is 0 Å².